The second-order valence-corrected chi connectivity index (χ2v) is 4.68. The molecule has 2 aromatic carbocycles. The Labute approximate surface area is 116 Å². The summed E-state index contributed by atoms with van der Waals surface area (Å²) >= 11 is 0. The summed E-state index contributed by atoms with van der Waals surface area (Å²) in [4.78, 5) is 0. The van der Waals surface area contributed by atoms with Crippen molar-refractivity contribution in [3.8, 4) is 5.75 Å². The molecule has 0 aliphatic rings. The maximum Gasteiger partial charge on any atom is 0.129 e. The molecule has 2 aromatic rings. The van der Waals surface area contributed by atoms with Crippen molar-refractivity contribution in [2.24, 2.45) is 0 Å². The second-order valence-electron chi connectivity index (χ2n) is 4.68. The first-order chi connectivity index (χ1) is 9.51. The second kappa shape index (κ2) is 6.01. The van der Waals surface area contributed by atoms with Gasteiger partial charge in [0.25, 0.3) is 0 Å². The molecule has 0 bridgehead atoms. The molecule has 0 saturated heterocycles. The molecule has 2 rings (SSSR count). The number of benzene rings is 2. The van der Waals surface area contributed by atoms with E-state index in [4.69, 9.17) is 4.74 Å². The molecule has 0 radical (unpaired) electrons. The van der Waals surface area contributed by atoms with Crippen molar-refractivity contribution in [1.29, 1.82) is 0 Å². The maximum absolute atomic E-state index is 13.6. The van der Waals surface area contributed by atoms with Crippen LogP contribution < -0.4 is 4.74 Å². The van der Waals surface area contributed by atoms with Gasteiger partial charge in [0.05, 0.1) is 13.2 Å². The van der Waals surface area contributed by atoms with Gasteiger partial charge in [-0.1, -0.05) is 12.1 Å². The summed E-state index contributed by atoms with van der Waals surface area (Å²) in [5, 5.41) is 10.2. The Balaban J connectivity index is 2.21. The van der Waals surface area contributed by atoms with E-state index in [1.807, 2.05) is 6.92 Å². The van der Waals surface area contributed by atoms with Gasteiger partial charge < -0.3 is 9.84 Å². The van der Waals surface area contributed by atoms with Gasteiger partial charge in [-0.3, -0.25) is 0 Å². The average Bonchev–Trinajstić information content (AvgIpc) is 2.41. The van der Waals surface area contributed by atoms with Crippen molar-refractivity contribution in [2.75, 3.05) is 7.11 Å². The van der Waals surface area contributed by atoms with Crippen LogP contribution in [0.15, 0.2) is 36.4 Å². The smallest absolute Gasteiger partial charge is 0.129 e. The quantitative estimate of drug-likeness (QED) is 0.926. The third-order valence-electron chi connectivity index (χ3n) is 3.26. The van der Waals surface area contributed by atoms with E-state index in [9.17, 15) is 13.9 Å². The van der Waals surface area contributed by atoms with E-state index in [2.05, 4.69) is 0 Å². The Hall–Kier alpha value is -1.94. The summed E-state index contributed by atoms with van der Waals surface area (Å²) in [6.45, 7) is 1.85. The van der Waals surface area contributed by atoms with Gasteiger partial charge in [-0.15, -0.1) is 0 Å². The number of rotatable bonds is 4. The molecule has 4 heteroatoms. The molecule has 1 N–H and O–H groups in total. The highest BCUT2D eigenvalue weighted by atomic mass is 19.1. The van der Waals surface area contributed by atoms with Crippen LogP contribution in [0.4, 0.5) is 8.78 Å². The molecule has 2 nitrogen and oxygen atoms in total. The fraction of sp³-hybridized carbons (Fsp3) is 0.250. The summed E-state index contributed by atoms with van der Waals surface area (Å²) < 4.78 is 31.5. The van der Waals surface area contributed by atoms with Crippen molar-refractivity contribution in [3.63, 3.8) is 0 Å². The third-order valence-corrected chi connectivity index (χ3v) is 3.26. The number of aliphatic hydroxyl groups is 1. The van der Waals surface area contributed by atoms with Crippen molar-refractivity contribution in [1.82, 2.24) is 0 Å². The Morgan fingerprint density at radius 1 is 1.15 bits per heavy atom. The molecule has 106 valence electrons. The van der Waals surface area contributed by atoms with Crippen molar-refractivity contribution >= 4 is 0 Å². The standard InChI is InChI=1S/C16H16F2O2/c1-10-7-13(20-2)5-6-14(10)16(19)8-11-3-4-12(17)9-15(11)18/h3-7,9,16,19H,8H2,1-2H3. The first kappa shape index (κ1) is 14.5. The number of hydrogen-bond donors (Lipinski definition) is 1. The topological polar surface area (TPSA) is 29.5 Å². The molecule has 0 aliphatic carbocycles. The Bertz CT molecular complexity index is 611. The molecule has 0 heterocycles. The first-order valence-corrected chi connectivity index (χ1v) is 6.28. The molecule has 0 amide bonds. The fourth-order valence-electron chi connectivity index (χ4n) is 2.15. The zero-order chi connectivity index (χ0) is 14.7. The minimum absolute atomic E-state index is 0.0965. The molecular formula is C16H16F2O2. The zero-order valence-electron chi connectivity index (χ0n) is 11.4. The van der Waals surface area contributed by atoms with Gasteiger partial charge >= 0.3 is 0 Å². The lowest BCUT2D eigenvalue weighted by Crippen LogP contribution is -2.06. The lowest BCUT2D eigenvalue weighted by molar-refractivity contribution is 0.176. The van der Waals surface area contributed by atoms with Gasteiger partial charge in [-0.05, 0) is 41.8 Å². The van der Waals surface area contributed by atoms with Gasteiger partial charge in [0.1, 0.15) is 17.4 Å². The summed E-state index contributed by atoms with van der Waals surface area (Å²) in [7, 11) is 1.57. The molecule has 0 aromatic heterocycles. The monoisotopic (exact) mass is 278 g/mol. The van der Waals surface area contributed by atoms with E-state index in [0.717, 1.165) is 11.6 Å². The molecule has 0 aliphatic heterocycles. The minimum atomic E-state index is -0.846. The number of hydrogen-bond acceptors (Lipinski definition) is 2. The molecule has 1 atom stereocenters. The predicted molar refractivity (Wildman–Crippen MR) is 72.8 cm³/mol. The fourth-order valence-corrected chi connectivity index (χ4v) is 2.15. The number of aryl methyl sites for hydroxylation is 1. The van der Waals surface area contributed by atoms with Crippen LogP contribution in [0.2, 0.25) is 0 Å². The van der Waals surface area contributed by atoms with Crippen molar-refractivity contribution in [2.45, 2.75) is 19.4 Å². The SMILES string of the molecule is COc1ccc(C(O)Cc2ccc(F)cc2F)c(C)c1. The van der Waals surface area contributed by atoms with Gasteiger partial charge in [0, 0.05) is 12.5 Å². The van der Waals surface area contributed by atoms with Crippen LogP contribution in [0.1, 0.15) is 22.8 Å². The van der Waals surface area contributed by atoms with Crippen molar-refractivity contribution in [3.05, 3.63) is 64.7 Å². The van der Waals surface area contributed by atoms with Crippen LogP contribution in [-0.4, -0.2) is 12.2 Å². The van der Waals surface area contributed by atoms with E-state index in [1.54, 1.807) is 25.3 Å². The van der Waals surface area contributed by atoms with Gasteiger partial charge in [-0.25, -0.2) is 8.78 Å². The Morgan fingerprint density at radius 2 is 1.90 bits per heavy atom. The first-order valence-electron chi connectivity index (χ1n) is 6.28. The van der Waals surface area contributed by atoms with E-state index >= 15 is 0 Å². The van der Waals surface area contributed by atoms with Gasteiger partial charge in [-0.2, -0.15) is 0 Å². The molecule has 0 saturated carbocycles. The highest BCUT2D eigenvalue weighted by Gasteiger charge is 2.14. The zero-order valence-corrected chi connectivity index (χ0v) is 11.4. The van der Waals surface area contributed by atoms with E-state index in [0.29, 0.717) is 11.3 Å². The van der Waals surface area contributed by atoms with Gasteiger partial charge in [0.2, 0.25) is 0 Å². The summed E-state index contributed by atoms with van der Waals surface area (Å²) in [6, 6.07) is 8.66. The van der Waals surface area contributed by atoms with Crippen LogP contribution in [0.3, 0.4) is 0 Å². The number of halogens is 2. The van der Waals surface area contributed by atoms with Crippen LogP contribution in [0, 0.1) is 18.6 Å². The number of ether oxygens (including phenoxy) is 1. The maximum atomic E-state index is 13.6. The van der Waals surface area contributed by atoms with Crippen LogP contribution in [-0.2, 0) is 6.42 Å². The van der Waals surface area contributed by atoms with E-state index in [1.165, 1.54) is 12.1 Å². The highest BCUT2D eigenvalue weighted by molar-refractivity contribution is 5.36. The normalized spacial score (nSPS) is 12.2. The molecule has 0 spiro atoms. The van der Waals surface area contributed by atoms with E-state index in [-0.39, 0.29) is 12.0 Å². The predicted octanol–water partition coefficient (Wildman–Crippen LogP) is 3.56. The summed E-state index contributed by atoms with van der Waals surface area (Å²) in [5.41, 5.74) is 1.85. The van der Waals surface area contributed by atoms with E-state index < -0.39 is 17.7 Å². The highest BCUT2D eigenvalue weighted by Crippen LogP contribution is 2.26. The molecule has 1 unspecified atom stereocenters. The number of methoxy groups -OCH3 is 1. The van der Waals surface area contributed by atoms with Gasteiger partial charge in [0.15, 0.2) is 0 Å². The summed E-state index contributed by atoms with van der Waals surface area (Å²) in [5.74, 6) is -0.567. The molecule has 0 fully saturated rings. The largest absolute Gasteiger partial charge is 0.497 e. The number of aliphatic hydroxyl groups excluding tert-OH is 1. The lowest BCUT2D eigenvalue weighted by atomic mass is 9.97. The summed E-state index contributed by atoms with van der Waals surface area (Å²) in [6.07, 6.45) is -0.750. The lowest BCUT2D eigenvalue weighted by Gasteiger charge is -2.15. The van der Waals surface area contributed by atoms with Crippen LogP contribution in [0.5, 0.6) is 5.75 Å². The average molecular weight is 278 g/mol. The third kappa shape index (κ3) is 3.14. The van der Waals surface area contributed by atoms with Crippen molar-refractivity contribution < 1.29 is 18.6 Å². The Kier molecular flexibility index (Phi) is 4.35. The Morgan fingerprint density at radius 3 is 2.50 bits per heavy atom. The van der Waals surface area contributed by atoms with Crippen LogP contribution in [0.25, 0.3) is 0 Å². The van der Waals surface area contributed by atoms with Crippen LogP contribution >= 0.6 is 0 Å². The minimum Gasteiger partial charge on any atom is -0.497 e. The molecular weight excluding hydrogens is 262 g/mol. The molecule has 20 heavy (non-hydrogen) atoms.